The number of benzene rings is 1. The van der Waals surface area contributed by atoms with Crippen LogP contribution in [-0.2, 0) is 4.79 Å². The quantitative estimate of drug-likeness (QED) is 0.708. The van der Waals surface area contributed by atoms with Crippen molar-refractivity contribution in [2.45, 2.75) is 12.8 Å². The maximum atomic E-state index is 10.9. The summed E-state index contributed by atoms with van der Waals surface area (Å²) in [5, 5.41) is 8.93. The third-order valence-electron chi connectivity index (χ3n) is 2.40. The Kier molecular flexibility index (Phi) is 1.69. The maximum Gasteiger partial charge on any atom is 0.314 e. The van der Waals surface area contributed by atoms with Gasteiger partial charge in [-0.15, -0.1) is 0 Å². The van der Waals surface area contributed by atoms with Crippen LogP contribution in [0.5, 0.6) is 0 Å². The molecule has 1 atom stereocenters. The Morgan fingerprint density at radius 2 is 2.23 bits per heavy atom. The van der Waals surface area contributed by atoms with Gasteiger partial charge in [-0.05, 0) is 23.6 Å². The van der Waals surface area contributed by atoms with Crippen LogP contribution in [0.15, 0.2) is 24.3 Å². The van der Waals surface area contributed by atoms with E-state index >= 15 is 0 Å². The van der Waals surface area contributed by atoms with Gasteiger partial charge < -0.3 is 5.11 Å². The molecule has 0 fully saturated rings. The number of hydrogen-bond donors (Lipinski definition) is 1. The molecule has 1 N–H and O–H groups in total. The topological polar surface area (TPSA) is 37.3 Å². The van der Waals surface area contributed by atoms with Crippen molar-refractivity contribution in [2.24, 2.45) is 0 Å². The molecule has 66 valence electrons. The smallest absolute Gasteiger partial charge is 0.314 e. The second-order valence-electron chi connectivity index (χ2n) is 3.25. The first-order valence-electron chi connectivity index (χ1n) is 4.20. The lowest BCUT2D eigenvalue weighted by Gasteiger charge is -2.08. The van der Waals surface area contributed by atoms with Crippen molar-refractivity contribution in [3.8, 4) is 0 Å². The molecule has 2 rings (SSSR count). The largest absolute Gasteiger partial charge is 0.481 e. The molecule has 0 saturated carbocycles. The molecule has 0 aromatic heterocycles. The van der Waals surface area contributed by atoms with Gasteiger partial charge in [0.2, 0.25) is 0 Å². The predicted octanol–water partition coefficient (Wildman–Crippen LogP) is 2.19. The second kappa shape index (κ2) is 2.73. The highest BCUT2D eigenvalue weighted by Crippen LogP contribution is 2.32. The molecular weight excluding hydrogens is 164 g/mol. The third-order valence-corrected chi connectivity index (χ3v) is 2.40. The summed E-state index contributed by atoms with van der Waals surface area (Å²) in [6, 6.07) is 5.84. The fraction of sp³-hybridized carbons (Fsp3) is 0.182. The monoisotopic (exact) mass is 174 g/mol. The molecule has 0 amide bonds. The number of carbonyl (C=O) groups is 1. The zero-order chi connectivity index (χ0) is 9.42. The van der Waals surface area contributed by atoms with Crippen LogP contribution in [0, 0.1) is 6.92 Å². The lowest BCUT2D eigenvalue weighted by molar-refractivity contribution is -0.137. The first-order chi connectivity index (χ1) is 6.20. The van der Waals surface area contributed by atoms with E-state index in [1.165, 1.54) is 0 Å². The average molecular weight is 174 g/mol. The van der Waals surface area contributed by atoms with Crippen LogP contribution in [-0.4, -0.2) is 11.1 Å². The van der Waals surface area contributed by atoms with Crippen molar-refractivity contribution in [3.63, 3.8) is 0 Å². The third kappa shape index (κ3) is 1.15. The molecule has 0 spiro atoms. The Balaban J connectivity index is 2.57. The summed E-state index contributed by atoms with van der Waals surface area (Å²) >= 11 is 0. The van der Waals surface area contributed by atoms with Crippen LogP contribution in [0.4, 0.5) is 0 Å². The highest BCUT2D eigenvalue weighted by Gasteiger charge is 2.24. The van der Waals surface area contributed by atoms with Gasteiger partial charge in [0.1, 0.15) is 5.92 Å². The van der Waals surface area contributed by atoms with Gasteiger partial charge in [-0.2, -0.15) is 0 Å². The first kappa shape index (κ1) is 8.05. The summed E-state index contributed by atoms with van der Waals surface area (Å²) < 4.78 is 0. The molecule has 0 saturated heterocycles. The van der Waals surface area contributed by atoms with Crippen LogP contribution >= 0.6 is 0 Å². The molecule has 1 unspecified atom stereocenters. The summed E-state index contributed by atoms with van der Waals surface area (Å²) in [4.78, 5) is 10.9. The van der Waals surface area contributed by atoms with E-state index in [1.807, 2.05) is 31.2 Å². The summed E-state index contributed by atoms with van der Waals surface area (Å²) in [6.07, 6.45) is 3.61. The lowest BCUT2D eigenvalue weighted by atomic mass is 9.96. The van der Waals surface area contributed by atoms with Crippen molar-refractivity contribution in [3.05, 3.63) is 41.0 Å². The minimum Gasteiger partial charge on any atom is -0.481 e. The molecule has 13 heavy (non-hydrogen) atoms. The zero-order valence-corrected chi connectivity index (χ0v) is 7.32. The van der Waals surface area contributed by atoms with Gasteiger partial charge >= 0.3 is 5.97 Å². The van der Waals surface area contributed by atoms with Gasteiger partial charge in [-0.3, -0.25) is 4.79 Å². The molecule has 2 heteroatoms. The number of aliphatic carboxylic acids is 1. The van der Waals surface area contributed by atoms with E-state index in [2.05, 4.69) is 0 Å². The lowest BCUT2D eigenvalue weighted by Crippen LogP contribution is -2.08. The highest BCUT2D eigenvalue weighted by molar-refractivity contribution is 5.85. The minimum atomic E-state index is -0.774. The van der Waals surface area contributed by atoms with E-state index in [0.717, 1.165) is 16.7 Å². The molecule has 1 aliphatic rings. The Bertz CT molecular complexity index is 391. The van der Waals surface area contributed by atoms with E-state index in [0.29, 0.717) is 0 Å². The van der Waals surface area contributed by atoms with Crippen LogP contribution < -0.4 is 0 Å². The van der Waals surface area contributed by atoms with E-state index in [-0.39, 0.29) is 0 Å². The van der Waals surface area contributed by atoms with E-state index in [4.69, 9.17) is 5.11 Å². The zero-order valence-electron chi connectivity index (χ0n) is 7.32. The predicted molar refractivity (Wildman–Crippen MR) is 50.6 cm³/mol. The van der Waals surface area contributed by atoms with Gasteiger partial charge in [0, 0.05) is 0 Å². The van der Waals surface area contributed by atoms with Crippen LogP contribution in [0.1, 0.15) is 22.6 Å². The molecule has 0 radical (unpaired) electrons. The van der Waals surface area contributed by atoms with Crippen molar-refractivity contribution in [1.82, 2.24) is 0 Å². The number of aryl methyl sites for hydroxylation is 1. The Hall–Kier alpha value is -1.57. The molecule has 0 aliphatic heterocycles. The Morgan fingerprint density at radius 1 is 1.46 bits per heavy atom. The van der Waals surface area contributed by atoms with Crippen LogP contribution in [0.25, 0.3) is 6.08 Å². The number of rotatable bonds is 1. The minimum absolute atomic E-state index is 0.448. The van der Waals surface area contributed by atoms with Crippen molar-refractivity contribution in [1.29, 1.82) is 0 Å². The molecule has 2 nitrogen and oxygen atoms in total. The Morgan fingerprint density at radius 3 is 2.92 bits per heavy atom. The maximum absolute atomic E-state index is 10.9. The van der Waals surface area contributed by atoms with Crippen molar-refractivity contribution in [2.75, 3.05) is 0 Å². The van der Waals surface area contributed by atoms with Gasteiger partial charge in [0.15, 0.2) is 0 Å². The fourth-order valence-electron chi connectivity index (χ4n) is 1.78. The van der Waals surface area contributed by atoms with Crippen LogP contribution in [0.2, 0.25) is 0 Å². The van der Waals surface area contributed by atoms with Gasteiger partial charge in [-0.1, -0.05) is 30.4 Å². The standard InChI is InChI=1S/C11H10O2/c1-7-3-2-4-8-5-6-9(10(7)8)11(12)13/h2-6,9H,1H3,(H,12,13). The normalized spacial score (nSPS) is 18.7. The fourth-order valence-corrected chi connectivity index (χ4v) is 1.78. The first-order valence-corrected chi connectivity index (χ1v) is 4.20. The van der Waals surface area contributed by atoms with E-state index in [1.54, 1.807) is 6.08 Å². The number of carboxylic acids is 1. The molecule has 1 aliphatic carbocycles. The summed E-state index contributed by atoms with van der Waals surface area (Å²) in [7, 11) is 0. The van der Waals surface area contributed by atoms with Crippen molar-refractivity contribution >= 4 is 12.0 Å². The highest BCUT2D eigenvalue weighted by atomic mass is 16.4. The number of carboxylic acid groups (broad SMARTS) is 1. The molecule has 0 heterocycles. The number of fused-ring (bicyclic) bond motifs is 1. The second-order valence-corrected chi connectivity index (χ2v) is 3.25. The molecule has 1 aromatic carbocycles. The average Bonchev–Trinajstić information content (AvgIpc) is 2.49. The van der Waals surface area contributed by atoms with E-state index in [9.17, 15) is 4.79 Å². The molecular formula is C11H10O2. The van der Waals surface area contributed by atoms with Crippen molar-refractivity contribution < 1.29 is 9.90 Å². The summed E-state index contributed by atoms with van der Waals surface area (Å²) in [6.45, 7) is 1.95. The van der Waals surface area contributed by atoms with E-state index < -0.39 is 11.9 Å². The number of hydrogen-bond acceptors (Lipinski definition) is 1. The van der Waals surface area contributed by atoms with Gasteiger partial charge in [-0.25, -0.2) is 0 Å². The van der Waals surface area contributed by atoms with Crippen LogP contribution in [0.3, 0.4) is 0 Å². The summed E-state index contributed by atoms with van der Waals surface area (Å²) in [5.74, 6) is -1.22. The Labute approximate surface area is 76.5 Å². The van der Waals surface area contributed by atoms with Gasteiger partial charge in [0.05, 0.1) is 0 Å². The molecule has 1 aromatic rings. The molecule has 0 bridgehead atoms. The summed E-state index contributed by atoms with van der Waals surface area (Å²) in [5.41, 5.74) is 3.03. The van der Waals surface area contributed by atoms with Gasteiger partial charge in [0.25, 0.3) is 0 Å². The SMILES string of the molecule is Cc1cccc2c1C(C(=O)O)C=C2.